The van der Waals surface area contributed by atoms with Gasteiger partial charge in [-0.15, -0.1) is 11.3 Å². The maximum absolute atomic E-state index is 12.9. The summed E-state index contributed by atoms with van der Waals surface area (Å²) in [7, 11) is -0.149. The Kier molecular flexibility index (Phi) is 8.20. The fourth-order valence-corrected chi connectivity index (χ4v) is 6.70. The van der Waals surface area contributed by atoms with Crippen LogP contribution in [0, 0.1) is 0 Å². The highest BCUT2D eigenvalue weighted by Crippen LogP contribution is 2.27. The molecule has 0 N–H and O–H groups in total. The topological polar surface area (TPSA) is 70.6 Å². The average Bonchev–Trinajstić information content (AvgIpc) is 3.16. The second-order valence-electron chi connectivity index (χ2n) is 7.39. The van der Waals surface area contributed by atoms with Crippen LogP contribution in [-0.4, -0.2) is 54.4 Å². The van der Waals surface area contributed by atoms with E-state index in [1.54, 1.807) is 31.1 Å². The predicted octanol–water partition coefficient (Wildman–Crippen LogP) is 4.50. The minimum atomic E-state index is -3.56. The number of halogens is 1. The van der Waals surface area contributed by atoms with E-state index in [0.717, 1.165) is 30.6 Å². The van der Waals surface area contributed by atoms with Gasteiger partial charge in [-0.05, 0) is 37.1 Å². The van der Waals surface area contributed by atoms with Crippen LogP contribution < -0.4 is 0 Å². The van der Waals surface area contributed by atoms with E-state index in [1.165, 1.54) is 40.0 Å². The molecular weight excluding hydrogens is 462 g/mol. The number of sulfonamides is 1. The molecule has 2 heterocycles. The number of rotatable bonds is 8. The zero-order valence-corrected chi connectivity index (χ0v) is 20.3. The minimum absolute atomic E-state index is 0.0277. The lowest BCUT2D eigenvalue weighted by Gasteiger charge is -2.30. The van der Waals surface area contributed by atoms with Crippen molar-refractivity contribution in [2.45, 2.75) is 54.6 Å². The number of hydrogen-bond donors (Lipinski definition) is 0. The van der Waals surface area contributed by atoms with Gasteiger partial charge in [0.1, 0.15) is 4.90 Å². The smallest absolute Gasteiger partial charge is 0.244 e. The fraction of sp³-hybridized carbons (Fsp3) is 0.500. The first-order chi connectivity index (χ1) is 14.3. The van der Waals surface area contributed by atoms with E-state index >= 15 is 0 Å². The van der Waals surface area contributed by atoms with Crippen molar-refractivity contribution < 1.29 is 13.2 Å². The molecule has 2 aromatic heterocycles. The average molecular weight is 488 g/mol. The van der Waals surface area contributed by atoms with Crippen molar-refractivity contribution in [2.75, 3.05) is 19.8 Å². The molecule has 0 saturated heterocycles. The van der Waals surface area contributed by atoms with Gasteiger partial charge < -0.3 is 4.90 Å². The molecule has 1 fully saturated rings. The van der Waals surface area contributed by atoms with Gasteiger partial charge in [0.15, 0.2) is 0 Å². The summed E-state index contributed by atoms with van der Waals surface area (Å²) >= 11 is 8.68. The Morgan fingerprint density at radius 1 is 1.20 bits per heavy atom. The van der Waals surface area contributed by atoms with Gasteiger partial charge in [-0.25, -0.2) is 13.4 Å². The van der Waals surface area contributed by atoms with Gasteiger partial charge in [0.2, 0.25) is 15.9 Å². The Labute approximate surface area is 191 Å². The molecule has 0 bridgehead atoms. The second-order valence-corrected chi connectivity index (χ2v) is 12.2. The quantitative estimate of drug-likeness (QED) is 0.512. The van der Waals surface area contributed by atoms with Crippen molar-refractivity contribution in [3.8, 4) is 0 Å². The van der Waals surface area contributed by atoms with Gasteiger partial charge in [-0.1, -0.05) is 42.6 Å². The molecule has 1 aliphatic rings. The van der Waals surface area contributed by atoms with Crippen LogP contribution in [-0.2, 0) is 21.4 Å². The third kappa shape index (κ3) is 5.97. The normalized spacial score (nSPS) is 15.5. The SMILES string of the molecule is CN(Cc1ccc(Cl)s1)C(=O)CSc1ccc(S(=O)(=O)N(C)C2CCCCC2)cn1. The van der Waals surface area contributed by atoms with Crippen molar-refractivity contribution in [1.29, 1.82) is 0 Å². The molecule has 6 nitrogen and oxygen atoms in total. The number of nitrogens with zero attached hydrogens (tertiary/aromatic N) is 3. The summed E-state index contributed by atoms with van der Waals surface area (Å²) in [5.41, 5.74) is 0. The summed E-state index contributed by atoms with van der Waals surface area (Å²) in [6.45, 7) is 0.509. The number of thioether (sulfide) groups is 1. The molecule has 3 rings (SSSR count). The Bertz CT molecular complexity index is 957. The van der Waals surface area contributed by atoms with E-state index in [0.29, 0.717) is 15.9 Å². The molecule has 0 unspecified atom stereocenters. The molecule has 0 aliphatic heterocycles. The largest absolute Gasteiger partial charge is 0.340 e. The Morgan fingerprint density at radius 3 is 2.53 bits per heavy atom. The maximum Gasteiger partial charge on any atom is 0.244 e. The van der Waals surface area contributed by atoms with E-state index < -0.39 is 10.0 Å². The molecule has 0 aromatic carbocycles. The summed E-state index contributed by atoms with van der Waals surface area (Å²) < 4.78 is 28.0. The first kappa shape index (κ1) is 23.5. The van der Waals surface area contributed by atoms with Gasteiger partial charge in [0.05, 0.1) is 21.7 Å². The van der Waals surface area contributed by atoms with Gasteiger partial charge in [0.25, 0.3) is 0 Å². The van der Waals surface area contributed by atoms with E-state index in [4.69, 9.17) is 11.6 Å². The lowest BCUT2D eigenvalue weighted by Crippen LogP contribution is -2.38. The van der Waals surface area contributed by atoms with Gasteiger partial charge in [-0.2, -0.15) is 4.31 Å². The number of hydrogen-bond acceptors (Lipinski definition) is 6. The van der Waals surface area contributed by atoms with Crippen molar-refractivity contribution >= 4 is 50.6 Å². The summed E-state index contributed by atoms with van der Waals surface area (Å²) in [5.74, 6) is 0.205. The van der Waals surface area contributed by atoms with Crippen LogP contribution in [0.2, 0.25) is 4.34 Å². The fourth-order valence-electron chi connectivity index (χ4n) is 3.42. The van der Waals surface area contributed by atoms with Crippen LogP contribution in [0.1, 0.15) is 37.0 Å². The molecule has 2 aromatic rings. The third-order valence-corrected chi connectivity index (χ3v) is 9.30. The van der Waals surface area contributed by atoms with E-state index in [9.17, 15) is 13.2 Å². The Hall–Kier alpha value is -1.13. The predicted molar refractivity (Wildman–Crippen MR) is 123 cm³/mol. The van der Waals surface area contributed by atoms with E-state index in [2.05, 4.69) is 4.98 Å². The number of thiophene rings is 1. The molecule has 1 amide bonds. The number of aromatic nitrogens is 1. The number of carbonyl (C=O) groups excluding carboxylic acids is 1. The van der Waals surface area contributed by atoms with Crippen molar-refractivity contribution in [1.82, 2.24) is 14.2 Å². The summed E-state index contributed by atoms with van der Waals surface area (Å²) in [6, 6.07) is 7.03. The highest BCUT2D eigenvalue weighted by atomic mass is 35.5. The van der Waals surface area contributed by atoms with Gasteiger partial charge in [-0.3, -0.25) is 4.79 Å². The highest BCUT2D eigenvalue weighted by Gasteiger charge is 2.29. The van der Waals surface area contributed by atoms with Crippen LogP contribution in [0.3, 0.4) is 0 Å². The molecule has 1 aliphatic carbocycles. The summed E-state index contributed by atoms with van der Waals surface area (Å²) in [4.78, 5) is 19.5. The number of pyridine rings is 1. The van der Waals surface area contributed by atoms with Crippen molar-refractivity contribution in [3.05, 3.63) is 39.7 Å². The van der Waals surface area contributed by atoms with E-state index in [1.807, 2.05) is 12.1 Å². The molecule has 30 heavy (non-hydrogen) atoms. The zero-order valence-electron chi connectivity index (χ0n) is 17.1. The van der Waals surface area contributed by atoms with Crippen LogP contribution in [0.4, 0.5) is 0 Å². The van der Waals surface area contributed by atoms with Gasteiger partial charge in [0, 0.05) is 31.2 Å². The first-order valence-corrected chi connectivity index (χ1v) is 13.4. The molecule has 0 spiro atoms. The van der Waals surface area contributed by atoms with Crippen LogP contribution in [0.5, 0.6) is 0 Å². The van der Waals surface area contributed by atoms with Crippen molar-refractivity contribution in [3.63, 3.8) is 0 Å². The molecule has 10 heteroatoms. The Balaban J connectivity index is 1.55. The molecule has 1 saturated carbocycles. The molecule has 0 atom stereocenters. The van der Waals surface area contributed by atoms with E-state index in [-0.39, 0.29) is 22.6 Å². The van der Waals surface area contributed by atoms with Gasteiger partial charge >= 0.3 is 0 Å². The maximum atomic E-state index is 12.9. The van der Waals surface area contributed by atoms with Crippen LogP contribution in [0.25, 0.3) is 0 Å². The molecule has 164 valence electrons. The number of amides is 1. The minimum Gasteiger partial charge on any atom is -0.340 e. The standard InChI is InChI=1S/C20H26ClN3O3S3/c1-23(13-16-8-10-18(21)29-16)20(25)14-28-19-11-9-17(12-22-19)30(26,27)24(2)15-6-4-3-5-7-15/h8-12,15H,3-7,13-14H2,1-2H3. The molecular formula is C20H26ClN3O3S3. The zero-order chi connectivity index (χ0) is 21.7. The van der Waals surface area contributed by atoms with Crippen LogP contribution in [0.15, 0.2) is 40.4 Å². The lowest BCUT2D eigenvalue weighted by atomic mass is 9.96. The van der Waals surface area contributed by atoms with Crippen molar-refractivity contribution in [2.24, 2.45) is 0 Å². The third-order valence-electron chi connectivity index (χ3n) is 5.27. The first-order valence-electron chi connectivity index (χ1n) is 9.82. The van der Waals surface area contributed by atoms with Crippen LogP contribution >= 0.6 is 34.7 Å². The second kappa shape index (κ2) is 10.5. The summed E-state index contributed by atoms with van der Waals surface area (Å²) in [5, 5.41) is 0.621. The lowest BCUT2D eigenvalue weighted by molar-refractivity contribution is -0.127. The summed E-state index contributed by atoms with van der Waals surface area (Å²) in [6.07, 6.45) is 6.52. The monoisotopic (exact) mass is 487 g/mol. The number of carbonyl (C=O) groups is 1. The Morgan fingerprint density at radius 2 is 1.93 bits per heavy atom. The molecule has 0 radical (unpaired) electrons. The highest BCUT2D eigenvalue weighted by molar-refractivity contribution is 7.99.